The molecule has 0 saturated carbocycles. The minimum absolute atomic E-state index is 0.408. The molecule has 5 heteroatoms. The molecule has 1 atom stereocenters. The molecule has 0 fully saturated rings. The van der Waals surface area contributed by atoms with Crippen molar-refractivity contribution in [2.24, 2.45) is 5.73 Å². The van der Waals surface area contributed by atoms with Gasteiger partial charge in [0.25, 0.3) is 0 Å². The number of thioether (sulfide) groups is 1. The Hall–Kier alpha value is -0.450. The van der Waals surface area contributed by atoms with Crippen LogP contribution in [0.2, 0.25) is 5.02 Å². The van der Waals surface area contributed by atoms with Crippen molar-refractivity contribution in [3.05, 3.63) is 28.8 Å². The Morgan fingerprint density at radius 1 is 1.56 bits per heavy atom. The highest BCUT2D eigenvalue weighted by Crippen LogP contribution is 2.26. The van der Waals surface area contributed by atoms with Crippen LogP contribution in [0.1, 0.15) is 18.9 Å². The highest BCUT2D eigenvalue weighted by atomic mass is 35.5. The number of nitrogens with zero attached hydrogens (tertiary/aromatic N) is 1. The Kier molecular flexibility index (Phi) is 6.26. The summed E-state index contributed by atoms with van der Waals surface area (Å²) < 4.78 is 0. The number of benzene rings is 1. The molecule has 1 rings (SSSR count). The van der Waals surface area contributed by atoms with Crippen LogP contribution >= 0.6 is 35.6 Å². The number of rotatable bonds is 6. The minimum Gasteiger partial charge on any atom is -0.389 e. The molecule has 0 aliphatic rings. The molecule has 0 spiro atoms. The van der Waals surface area contributed by atoms with E-state index in [1.54, 1.807) is 0 Å². The van der Waals surface area contributed by atoms with Crippen molar-refractivity contribution in [2.75, 3.05) is 24.0 Å². The van der Waals surface area contributed by atoms with E-state index in [0.29, 0.717) is 16.1 Å². The lowest BCUT2D eigenvalue weighted by atomic mass is 10.1. The first-order chi connectivity index (χ1) is 8.47. The molecule has 100 valence electrons. The molecule has 0 radical (unpaired) electrons. The maximum absolute atomic E-state index is 6.06. The van der Waals surface area contributed by atoms with Gasteiger partial charge < -0.3 is 10.6 Å². The quantitative estimate of drug-likeness (QED) is 0.814. The van der Waals surface area contributed by atoms with Crippen molar-refractivity contribution in [3.63, 3.8) is 0 Å². The van der Waals surface area contributed by atoms with Gasteiger partial charge in [-0.15, -0.1) is 0 Å². The highest BCUT2D eigenvalue weighted by Gasteiger charge is 2.15. The van der Waals surface area contributed by atoms with E-state index in [1.807, 2.05) is 30.0 Å². The zero-order valence-corrected chi connectivity index (χ0v) is 13.3. The lowest BCUT2D eigenvalue weighted by Gasteiger charge is -2.29. The van der Waals surface area contributed by atoms with Crippen molar-refractivity contribution in [3.8, 4) is 0 Å². The van der Waals surface area contributed by atoms with E-state index in [0.717, 1.165) is 23.4 Å². The fourth-order valence-electron chi connectivity index (χ4n) is 1.72. The first kappa shape index (κ1) is 15.6. The minimum atomic E-state index is 0.408. The number of nitrogens with two attached hydrogens (primary N) is 1. The van der Waals surface area contributed by atoms with Crippen LogP contribution in [0.3, 0.4) is 0 Å². The van der Waals surface area contributed by atoms with Gasteiger partial charge >= 0.3 is 0 Å². The maximum atomic E-state index is 6.06. The smallest absolute Gasteiger partial charge is 0.106 e. The summed E-state index contributed by atoms with van der Waals surface area (Å²) in [5, 5.41) is 0.703. The summed E-state index contributed by atoms with van der Waals surface area (Å²) in [4.78, 5) is 2.60. The third kappa shape index (κ3) is 4.04. The highest BCUT2D eigenvalue weighted by molar-refractivity contribution is 7.98. The van der Waals surface area contributed by atoms with Crippen LogP contribution in [0.5, 0.6) is 0 Å². The Morgan fingerprint density at radius 3 is 2.78 bits per heavy atom. The molecule has 0 heterocycles. The van der Waals surface area contributed by atoms with Gasteiger partial charge in [0.05, 0.1) is 0 Å². The van der Waals surface area contributed by atoms with Gasteiger partial charge in [0.15, 0.2) is 0 Å². The molecule has 1 unspecified atom stereocenters. The zero-order valence-electron chi connectivity index (χ0n) is 10.9. The van der Waals surface area contributed by atoms with Crippen LogP contribution in [-0.4, -0.2) is 30.1 Å². The van der Waals surface area contributed by atoms with Crippen molar-refractivity contribution in [2.45, 2.75) is 19.4 Å². The van der Waals surface area contributed by atoms with Gasteiger partial charge in [0, 0.05) is 29.4 Å². The monoisotopic (exact) mass is 302 g/mol. The third-order valence-corrected chi connectivity index (χ3v) is 4.11. The van der Waals surface area contributed by atoms with Crippen molar-refractivity contribution < 1.29 is 0 Å². The zero-order chi connectivity index (χ0) is 13.7. The molecule has 0 saturated heterocycles. The first-order valence-corrected chi connectivity index (χ1v) is 7.96. The summed E-state index contributed by atoms with van der Waals surface area (Å²) in [5.74, 6) is 1.13. The number of thiocarbonyl (C=S) groups is 1. The van der Waals surface area contributed by atoms with Gasteiger partial charge in [-0.1, -0.05) is 23.8 Å². The number of hydrogen-bond acceptors (Lipinski definition) is 3. The Balaban J connectivity index is 2.99. The fourth-order valence-corrected chi connectivity index (χ4v) is 2.64. The summed E-state index contributed by atoms with van der Waals surface area (Å²) in [7, 11) is 2.05. The van der Waals surface area contributed by atoms with Gasteiger partial charge in [0.1, 0.15) is 4.99 Å². The molecule has 1 aromatic rings. The molecule has 2 N–H and O–H groups in total. The topological polar surface area (TPSA) is 29.3 Å². The van der Waals surface area contributed by atoms with Crippen LogP contribution in [0.4, 0.5) is 5.69 Å². The van der Waals surface area contributed by atoms with E-state index >= 15 is 0 Å². The summed E-state index contributed by atoms with van der Waals surface area (Å²) in [6, 6.07) is 6.05. The summed E-state index contributed by atoms with van der Waals surface area (Å²) in [5.41, 5.74) is 7.65. The molecule has 0 aromatic heterocycles. The second kappa shape index (κ2) is 7.22. The van der Waals surface area contributed by atoms with Crippen LogP contribution in [-0.2, 0) is 0 Å². The fraction of sp³-hybridized carbons (Fsp3) is 0.462. The third-order valence-electron chi connectivity index (χ3n) is 3.01. The molecule has 2 nitrogen and oxygen atoms in total. The van der Waals surface area contributed by atoms with Gasteiger partial charge in [-0.05, 0) is 43.6 Å². The molecule has 18 heavy (non-hydrogen) atoms. The second-order valence-electron chi connectivity index (χ2n) is 4.27. The molecule has 0 amide bonds. The average molecular weight is 303 g/mol. The molecule has 0 aliphatic heterocycles. The normalized spacial score (nSPS) is 12.2. The van der Waals surface area contributed by atoms with E-state index in [2.05, 4.69) is 25.1 Å². The first-order valence-electron chi connectivity index (χ1n) is 5.78. The van der Waals surface area contributed by atoms with Crippen LogP contribution < -0.4 is 10.6 Å². The molecule has 0 bridgehead atoms. The summed E-state index contributed by atoms with van der Waals surface area (Å²) in [6.07, 6.45) is 3.23. The number of hydrogen-bond donors (Lipinski definition) is 1. The Morgan fingerprint density at radius 2 is 2.22 bits per heavy atom. The van der Waals surface area contributed by atoms with Crippen LogP contribution in [0, 0.1) is 0 Å². The van der Waals surface area contributed by atoms with Crippen molar-refractivity contribution in [1.82, 2.24) is 0 Å². The average Bonchev–Trinajstić information content (AvgIpc) is 2.34. The van der Waals surface area contributed by atoms with E-state index in [-0.39, 0.29) is 0 Å². The van der Waals surface area contributed by atoms with Gasteiger partial charge in [-0.3, -0.25) is 0 Å². The van der Waals surface area contributed by atoms with Gasteiger partial charge in [-0.2, -0.15) is 11.8 Å². The predicted molar refractivity (Wildman–Crippen MR) is 88.2 cm³/mol. The number of halogens is 1. The van der Waals surface area contributed by atoms with Gasteiger partial charge in [-0.25, -0.2) is 0 Å². The molecular formula is C13H19ClN2S2. The largest absolute Gasteiger partial charge is 0.389 e. The molecule has 0 aliphatic carbocycles. The standard InChI is InChI=1S/C13H19ClN2S2/c1-9(6-7-18-3)16(2)12-8-10(14)4-5-11(12)13(15)17/h4-5,8-9H,6-7H2,1-3H3,(H2,15,17). The van der Waals surface area contributed by atoms with E-state index in [1.165, 1.54) is 0 Å². The van der Waals surface area contributed by atoms with Crippen LogP contribution in [0.25, 0.3) is 0 Å². The van der Waals surface area contributed by atoms with E-state index in [9.17, 15) is 0 Å². The summed E-state index contributed by atoms with van der Waals surface area (Å²) >= 11 is 13.0. The lowest BCUT2D eigenvalue weighted by molar-refractivity contribution is 0.669. The second-order valence-corrected chi connectivity index (χ2v) is 6.13. The van der Waals surface area contributed by atoms with E-state index < -0.39 is 0 Å². The Labute approximate surface area is 124 Å². The maximum Gasteiger partial charge on any atom is 0.106 e. The van der Waals surface area contributed by atoms with E-state index in [4.69, 9.17) is 29.6 Å². The van der Waals surface area contributed by atoms with Gasteiger partial charge in [0.2, 0.25) is 0 Å². The van der Waals surface area contributed by atoms with Crippen molar-refractivity contribution in [1.29, 1.82) is 0 Å². The molecular weight excluding hydrogens is 284 g/mol. The lowest BCUT2D eigenvalue weighted by Crippen LogP contribution is -2.31. The molecule has 1 aromatic carbocycles. The van der Waals surface area contributed by atoms with Crippen LogP contribution in [0.15, 0.2) is 18.2 Å². The SMILES string of the molecule is CSCCC(C)N(C)c1cc(Cl)ccc1C(N)=S. The summed E-state index contributed by atoms with van der Waals surface area (Å²) in [6.45, 7) is 2.19. The predicted octanol–water partition coefficient (Wildman–Crippen LogP) is 3.55. The Bertz CT molecular complexity index is 423. The number of anilines is 1. The van der Waals surface area contributed by atoms with Crippen molar-refractivity contribution >= 4 is 46.3 Å².